The molecule has 212 valence electrons. The van der Waals surface area contributed by atoms with E-state index in [1.54, 1.807) is 38.1 Å². The molecule has 0 aromatic heterocycles. The van der Waals surface area contributed by atoms with Crippen LogP contribution in [0.1, 0.15) is 36.1 Å². The standard InChI is InChI=1S/C34H36N2O5/c1-3-41-33(40)30(23-25-19-21-29(37)22-20-25)35-24(2)31(32(38)39)36-34(26-13-7-4-8-14-26,27-15-9-5-10-16-27)28-17-11-6-12-18-28/h4-22,24,30-31,35-37H,3,23H2,1-2H3,(H,38,39)/t24-,30+,31+/m1/s1. The highest BCUT2D eigenvalue weighted by molar-refractivity contribution is 5.78. The van der Waals surface area contributed by atoms with Crippen LogP contribution in [0.3, 0.4) is 0 Å². The fraction of sp³-hybridized carbons (Fsp3) is 0.235. The molecule has 0 fully saturated rings. The molecule has 0 radical (unpaired) electrons. The summed E-state index contributed by atoms with van der Waals surface area (Å²) in [5.41, 5.74) is 2.41. The second-order valence-corrected chi connectivity index (χ2v) is 9.94. The monoisotopic (exact) mass is 552 g/mol. The summed E-state index contributed by atoms with van der Waals surface area (Å²) in [5, 5.41) is 27.0. The lowest BCUT2D eigenvalue weighted by atomic mass is 9.76. The van der Waals surface area contributed by atoms with Crippen LogP contribution in [0.25, 0.3) is 0 Å². The number of hydrogen-bond donors (Lipinski definition) is 4. The maximum atomic E-state index is 13.0. The van der Waals surface area contributed by atoms with Crippen molar-refractivity contribution in [3.05, 3.63) is 138 Å². The number of rotatable bonds is 13. The van der Waals surface area contributed by atoms with Gasteiger partial charge in [0.05, 0.1) is 12.1 Å². The highest BCUT2D eigenvalue weighted by Crippen LogP contribution is 2.37. The van der Waals surface area contributed by atoms with Gasteiger partial charge in [-0.1, -0.05) is 103 Å². The number of carbonyl (C=O) groups excluding carboxylic acids is 1. The van der Waals surface area contributed by atoms with Gasteiger partial charge in [-0.25, -0.2) is 0 Å². The van der Waals surface area contributed by atoms with Crippen LogP contribution in [0.4, 0.5) is 0 Å². The summed E-state index contributed by atoms with van der Waals surface area (Å²) in [5.74, 6) is -1.42. The number of hydrogen-bond acceptors (Lipinski definition) is 6. The van der Waals surface area contributed by atoms with Crippen molar-refractivity contribution in [3.8, 4) is 5.75 Å². The summed E-state index contributed by atoms with van der Waals surface area (Å²) in [4.78, 5) is 25.9. The Morgan fingerprint density at radius 2 is 1.24 bits per heavy atom. The summed E-state index contributed by atoms with van der Waals surface area (Å²) in [6.45, 7) is 3.68. The summed E-state index contributed by atoms with van der Waals surface area (Å²) >= 11 is 0. The van der Waals surface area contributed by atoms with Crippen LogP contribution in [0.5, 0.6) is 5.75 Å². The van der Waals surface area contributed by atoms with Gasteiger partial charge >= 0.3 is 11.9 Å². The van der Waals surface area contributed by atoms with E-state index in [0.29, 0.717) is 0 Å². The summed E-state index contributed by atoms with van der Waals surface area (Å²) in [6.07, 6.45) is 0.261. The molecule has 0 heterocycles. The van der Waals surface area contributed by atoms with E-state index in [9.17, 15) is 19.8 Å². The number of aromatic hydroxyl groups is 1. The fourth-order valence-electron chi connectivity index (χ4n) is 5.18. The molecule has 0 saturated heterocycles. The Bertz CT molecular complexity index is 1300. The van der Waals surface area contributed by atoms with Crippen LogP contribution >= 0.6 is 0 Å². The molecule has 0 spiro atoms. The van der Waals surface area contributed by atoms with Gasteiger partial charge in [-0.2, -0.15) is 0 Å². The average Bonchev–Trinajstić information content (AvgIpc) is 3.00. The summed E-state index contributed by atoms with van der Waals surface area (Å²) in [6, 6.07) is 33.2. The Hall–Kier alpha value is -4.46. The molecule has 0 aliphatic heterocycles. The molecule has 3 atom stereocenters. The van der Waals surface area contributed by atoms with E-state index in [1.165, 1.54) is 0 Å². The molecule has 0 aliphatic carbocycles. The normalized spacial score (nSPS) is 13.6. The van der Waals surface area contributed by atoms with E-state index in [0.717, 1.165) is 22.3 Å². The van der Waals surface area contributed by atoms with Crippen LogP contribution < -0.4 is 10.6 Å². The second-order valence-electron chi connectivity index (χ2n) is 9.94. The van der Waals surface area contributed by atoms with E-state index >= 15 is 0 Å². The molecule has 0 saturated carbocycles. The zero-order valence-electron chi connectivity index (χ0n) is 23.2. The predicted octanol–water partition coefficient (Wildman–Crippen LogP) is 4.88. The van der Waals surface area contributed by atoms with Crippen molar-refractivity contribution < 1.29 is 24.5 Å². The lowest BCUT2D eigenvalue weighted by Crippen LogP contribution is -2.61. The first kappa shape index (κ1) is 29.5. The third-order valence-electron chi connectivity index (χ3n) is 7.17. The van der Waals surface area contributed by atoms with Gasteiger partial charge in [0, 0.05) is 6.04 Å². The Labute approximate surface area is 240 Å². The Balaban J connectivity index is 1.75. The lowest BCUT2D eigenvalue weighted by molar-refractivity contribution is -0.147. The van der Waals surface area contributed by atoms with Gasteiger partial charge in [-0.05, 0) is 54.7 Å². The number of ether oxygens (including phenoxy) is 1. The largest absolute Gasteiger partial charge is 0.508 e. The second kappa shape index (κ2) is 13.7. The highest BCUT2D eigenvalue weighted by atomic mass is 16.5. The highest BCUT2D eigenvalue weighted by Gasteiger charge is 2.42. The van der Waals surface area contributed by atoms with Gasteiger partial charge in [0.25, 0.3) is 0 Å². The molecule has 0 bridgehead atoms. The van der Waals surface area contributed by atoms with E-state index < -0.39 is 35.6 Å². The molecular formula is C34H36N2O5. The Morgan fingerprint density at radius 1 is 0.780 bits per heavy atom. The minimum atomic E-state index is -1.12. The van der Waals surface area contributed by atoms with Crippen molar-refractivity contribution in [2.24, 2.45) is 0 Å². The molecule has 4 rings (SSSR count). The van der Waals surface area contributed by atoms with Gasteiger partial charge in [-0.3, -0.25) is 20.2 Å². The molecular weight excluding hydrogens is 516 g/mol. The Kier molecular flexibility index (Phi) is 9.90. The number of carbonyl (C=O) groups is 2. The van der Waals surface area contributed by atoms with Crippen molar-refractivity contribution in [1.82, 2.24) is 10.6 Å². The summed E-state index contributed by atoms with van der Waals surface area (Å²) in [7, 11) is 0. The zero-order chi connectivity index (χ0) is 29.2. The molecule has 4 aromatic rings. The zero-order valence-corrected chi connectivity index (χ0v) is 23.2. The molecule has 7 nitrogen and oxygen atoms in total. The van der Waals surface area contributed by atoms with Gasteiger partial charge < -0.3 is 14.9 Å². The Morgan fingerprint density at radius 3 is 1.66 bits per heavy atom. The third kappa shape index (κ3) is 7.01. The third-order valence-corrected chi connectivity index (χ3v) is 7.17. The quantitative estimate of drug-likeness (QED) is 0.138. The smallest absolute Gasteiger partial charge is 0.323 e. The first-order valence-corrected chi connectivity index (χ1v) is 13.7. The van der Waals surface area contributed by atoms with Crippen molar-refractivity contribution in [2.45, 2.75) is 43.9 Å². The number of phenolic OH excluding ortho intramolecular Hbond substituents is 1. The van der Waals surface area contributed by atoms with Gasteiger partial charge in [-0.15, -0.1) is 0 Å². The van der Waals surface area contributed by atoms with Crippen LogP contribution in [-0.2, 0) is 26.3 Å². The van der Waals surface area contributed by atoms with Crippen molar-refractivity contribution in [2.75, 3.05) is 6.61 Å². The maximum Gasteiger partial charge on any atom is 0.323 e. The number of carboxylic acids is 1. The van der Waals surface area contributed by atoms with Crippen molar-refractivity contribution >= 4 is 11.9 Å². The molecule has 41 heavy (non-hydrogen) atoms. The van der Waals surface area contributed by atoms with E-state index in [2.05, 4.69) is 10.6 Å². The van der Waals surface area contributed by atoms with Crippen LogP contribution in [0, 0.1) is 0 Å². The topological polar surface area (TPSA) is 108 Å². The number of nitrogens with one attached hydrogen (secondary N) is 2. The van der Waals surface area contributed by atoms with Gasteiger partial charge in [0.1, 0.15) is 17.8 Å². The molecule has 0 amide bonds. The SMILES string of the molecule is CCOC(=O)[C@H](Cc1ccc(O)cc1)N[C@H](C)[C@H](NC(c1ccccc1)(c1ccccc1)c1ccccc1)C(=O)O. The molecule has 4 N–H and O–H groups in total. The van der Waals surface area contributed by atoms with Crippen LogP contribution in [-0.4, -0.2) is 46.9 Å². The van der Waals surface area contributed by atoms with Crippen LogP contribution in [0.15, 0.2) is 115 Å². The number of phenols is 1. The number of carboxylic acid groups (broad SMARTS) is 1. The van der Waals surface area contributed by atoms with E-state index in [4.69, 9.17) is 4.74 Å². The number of aliphatic carboxylic acids is 1. The number of esters is 1. The maximum absolute atomic E-state index is 13.0. The van der Waals surface area contributed by atoms with E-state index in [1.807, 2.05) is 91.0 Å². The first-order valence-electron chi connectivity index (χ1n) is 13.7. The molecule has 0 aliphatic rings. The summed E-state index contributed by atoms with van der Waals surface area (Å²) < 4.78 is 5.33. The van der Waals surface area contributed by atoms with E-state index in [-0.39, 0.29) is 18.8 Å². The predicted molar refractivity (Wildman–Crippen MR) is 159 cm³/mol. The minimum absolute atomic E-state index is 0.122. The van der Waals surface area contributed by atoms with Gasteiger partial charge in [0.2, 0.25) is 0 Å². The molecule has 7 heteroatoms. The van der Waals surface area contributed by atoms with Crippen molar-refractivity contribution in [3.63, 3.8) is 0 Å². The van der Waals surface area contributed by atoms with Crippen molar-refractivity contribution in [1.29, 1.82) is 0 Å². The average molecular weight is 553 g/mol. The molecule has 4 aromatic carbocycles. The van der Waals surface area contributed by atoms with Crippen LogP contribution in [0.2, 0.25) is 0 Å². The molecule has 0 unspecified atom stereocenters. The van der Waals surface area contributed by atoms with Gasteiger partial charge in [0.15, 0.2) is 0 Å². The minimum Gasteiger partial charge on any atom is -0.508 e. The fourth-order valence-corrected chi connectivity index (χ4v) is 5.18. The number of benzene rings is 4. The first-order chi connectivity index (χ1) is 19.8. The lowest BCUT2D eigenvalue weighted by Gasteiger charge is -2.41.